The summed E-state index contributed by atoms with van der Waals surface area (Å²) in [6.45, 7) is 7.97. The highest BCUT2D eigenvalue weighted by Crippen LogP contribution is 2.25. The minimum atomic E-state index is -0.112. The molecule has 0 N–H and O–H groups in total. The van der Waals surface area contributed by atoms with E-state index in [9.17, 15) is 4.79 Å². The highest BCUT2D eigenvalue weighted by Gasteiger charge is 2.16. The second-order valence-corrected chi connectivity index (χ2v) is 6.43. The first kappa shape index (κ1) is 17.9. The molecule has 3 aromatic rings. The number of pyridine rings is 1. The van der Waals surface area contributed by atoms with E-state index in [0.29, 0.717) is 5.56 Å². The number of fused-ring (bicyclic) bond motifs is 2. The molecule has 0 saturated carbocycles. The van der Waals surface area contributed by atoms with Crippen LogP contribution in [0.3, 0.4) is 0 Å². The van der Waals surface area contributed by atoms with Gasteiger partial charge in [-0.15, -0.1) is 0 Å². The highest BCUT2D eigenvalue weighted by atomic mass is 16.2. The van der Waals surface area contributed by atoms with Crippen molar-refractivity contribution in [2.45, 2.75) is 33.1 Å². The first-order valence-corrected chi connectivity index (χ1v) is 9.06. The number of hydrogen-bond acceptors (Lipinski definition) is 2. The Kier molecular flexibility index (Phi) is 5.47. The van der Waals surface area contributed by atoms with E-state index in [1.165, 1.54) is 4.90 Å². The summed E-state index contributed by atoms with van der Waals surface area (Å²) >= 11 is 0. The van der Waals surface area contributed by atoms with Gasteiger partial charge in [-0.1, -0.05) is 62.8 Å². The Morgan fingerprint density at radius 3 is 2.62 bits per heavy atom. The van der Waals surface area contributed by atoms with Gasteiger partial charge in [-0.05, 0) is 31.0 Å². The Morgan fingerprint density at radius 1 is 1.15 bits per heavy atom. The third-order valence-electron chi connectivity index (χ3n) is 4.52. The fourth-order valence-corrected chi connectivity index (χ4v) is 3.07. The second-order valence-electron chi connectivity index (χ2n) is 6.43. The SMILES string of the molecule is C=CN(/C=C\CCCC)C(=O)c1cccc2cc3cccc(C)c3nc12. The fraction of sp³-hybridized carbons (Fsp3) is 0.217. The predicted octanol–water partition coefficient (Wildman–Crippen LogP) is 5.99. The van der Waals surface area contributed by atoms with Crippen LogP contribution in [0, 0.1) is 6.92 Å². The molecule has 1 aromatic heterocycles. The number of hydrogen-bond donors (Lipinski definition) is 0. The second kappa shape index (κ2) is 7.96. The number of rotatable bonds is 6. The van der Waals surface area contributed by atoms with Gasteiger partial charge in [0.2, 0.25) is 0 Å². The minimum absolute atomic E-state index is 0.112. The molecule has 3 heteroatoms. The van der Waals surface area contributed by atoms with Gasteiger partial charge < -0.3 is 0 Å². The van der Waals surface area contributed by atoms with E-state index >= 15 is 0 Å². The van der Waals surface area contributed by atoms with E-state index in [-0.39, 0.29) is 5.91 Å². The van der Waals surface area contributed by atoms with Gasteiger partial charge in [-0.2, -0.15) is 0 Å². The van der Waals surface area contributed by atoms with Crippen LogP contribution in [-0.4, -0.2) is 15.8 Å². The van der Waals surface area contributed by atoms with E-state index in [1.54, 1.807) is 12.4 Å². The van der Waals surface area contributed by atoms with Crippen LogP contribution in [0.5, 0.6) is 0 Å². The first-order valence-electron chi connectivity index (χ1n) is 9.06. The molecule has 0 spiro atoms. The van der Waals surface area contributed by atoms with E-state index in [4.69, 9.17) is 4.98 Å². The summed E-state index contributed by atoms with van der Waals surface area (Å²) in [4.78, 5) is 19.4. The molecule has 0 saturated heterocycles. The molecule has 0 aliphatic heterocycles. The van der Waals surface area contributed by atoms with Crippen molar-refractivity contribution in [3.8, 4) is 0 Å². The lowest BCUT2D eigenvalue weighted by atomic mass is 10.0. The molecule has 0 aliphatic rings. The number of aromatic nitrogens is 1. The number of benzene rings is 2. The van der Waals surface area contributed by atoms with Crippen LogP contribution in [-0.2, 0) is 0 Å². The number of amides is 1. The molecule has 0 atom stereocenters. The summed E-state index contributed by atoms with van der Waals surface area (Å²) in [5, 5.41) is 2.05. The van der Waals surface area contributed by atoms with E-state index < -0.39 is 0 Å². The summed E-state index contributed by atoms with van der Waals surface area (Å²) in [5.41, 5.74) is 3.36. The molecule has 0 radical (unpaired) electrons. The molecule has 0 fully saturated rings. The maximum Gasteiger partial charge on any atom is 0.264 e. The van der Waals surface area contributed by atoms with E-state index in [1.807, 2.05) is 43.3 Å². The average molecular weight is 344 g/mol. The van der Waals surface area contributed by atoms with Crippen molar-refractivity contribution in [3.63, 3.8) is 0 Å². The predicted molar refractivity (Wildman–Crippen MR) is 109 cm³/mol. The van der Waals surface area contributed by atoms with Crippen LogP contribution in [0.15, 0.2) is 67.5 Å². The molecule has 1 heterocycles. The number of nitrogens with zero attached hydrogens (tertiary/aromatic N) is 2. The van der Waals surface area contributed by atoms with Gasteiger partial charge in [0.1, 0.15) is 0 Å². The van der Waals surface area contributed by atoms with Gasteiger partial charge in [0, 0.05) is 23.2 Å². The zero-order valence-corrected chi connectivity index (χ0v) is 15.4. The Labute approximate surface area is 154 Å². The van der Waals surface area contributed by atoms with Crippen LogP contribution in [0.1, 0.15) is 42.1 Å². The van der Waals surface area contributed by atoms with Crippen molar-refractivity contribution in [1.29, 1.82) is 0 Å². The summed E-state index contributed by atoms with van der Waals surface area (Å²) in [5.74, 6) is -0.112. The number of para-hydroxylation sites is 2. The van der Waals surface area contributed by atoms with Crippen LogP contribution in [0.25, 0.3) is 21.8 Å². The Morgan fingerprint density at radius 2 is 1.88 bits per heavy atom. The number of allylic oxidation sites excluding steroid dienone is 1. The van der Waals surface area contributed by atoms with Crippen molar-refractivity contribution in [2.24, 2.45) is 0 Å². The van der Waals surface area contributed by atoms with Gasteiger partial charge in [0.15, 0.2) is 0 Å². The topological polar surface area (TPSA) is 33.2 Å². The zero-order chi connectivity index (χ0) is 18.5. The normalized spacial score (nSPS) is 11.3. The van der Waals surface area contributed by atoms with Crippen molar-refractivity contribution in [1.82, 2.24) is 9.88 Å². The summed E-state index contributed by atoms with van der Waals surface area (Å²) in [7, 11) is 0. The lowest BCUT2D eigenvalue weighted by Gasteiger charge is -2.15. The van der Waals surface area contributed by atoms with Gasteiger partial charge >= 0.3 is 0 Å². The molecular weight excluding hydrogens is 320 g/mol. The van der Waals surface area contributed by atoms with Crippen molar-refractivity contribution in [2.75, 3.05) is 0 Å². The molecule has 0 unspecified atom stereocenters. The van der Waals surface area contributed by atoms with Crippen LogP contribution < -0.4 is 0 Å². The minimum Gasteiger partial charge on any atom is -0.291 e. The first-order chi connectivity index (χ1) is 12.7. The van der Waals surface area contributed by atoms with Gasteiger partial charge in [0.25, 0.3) is 5.91 Å². The summed E-state index contributed by atoms with van der Waals surface area (Å²) in [6, 6.07) is 13.9. The molecule has 26 heavy (non-hydrogen) atoms. The molecule has 2 aromatic carbocycles. The van der Waals surface area contributed by atoms with E-state index in [2.05, 4.69) is 25.6 Å². The standard InChI is InChI=1S/C23H24N2O/c1-4-6-7-8-15-25(5-2)23(26)20-14-10-13-19-16-18-12-9-11-17(3)21(18)24-22(19)20/h5,8-16H,2,4,6-7H2,1,3H3/b15-8-. The Bertz CT molecular complexity index is 988. The van der Waals surface area contributed by atoms with Crippen LogP contribution in [0.4, 0.5) is 0 Å². The van der Waals surface area contributed by atoms with Crippen molar-refractivity contribution < 1.29 is 4.79 Å². The monoisotopic (exact) mass is 344 g/mol. The van der Waals surface area contributed by atoms with Crippen LogP contribution >= 0.6 is 0 Å². The molecular formula is C23H24N2O. The molecule has 0 aliphatic carbocycles. The largest absolute Gasteiger partial charge is 0.291 e. The van der Waals surface area contributed by atoms with E-state index in [0.717, 1.165) is 46.6 Å². The highest BCUT2D eigenvalue weighted by molar-refractivity contribution is 6.08. The third kappa shape index (κ3) is 3.52. The molecule has 1 amide bonds. The fourth-order valence-electron chi connectivity index (χ4n) is 3.07. The average Bonchev–Trinajstić information content (AvgIpc) is 2.66. The van der Waals surface area contributed by atoms with Crippen LogP contribution in [0.2, 0.25) is 0 Å². The molecule has 0 bridgehead atoms. The number of carbonyl (C=O) groups excluding carboxylic acids is 1. The molecule has 132 valence electrons. The van der Waals surface area contributed by atoms with Crippen molar-refractivity contribution in [3.05, 3.63) is 78.6 Å². The smallest absolute Gasteiger partial charge is 0.264 e. The maximum atomic E-state index is 13.0. The maximum absolute atomic E-state index is 13.0. The molecule has 3 rings (SSSR count). The summed E-state index contributed by atoms with van der Waals surface area (Å²) in [6.07, 6.45) is 8.56. The quantitative estimate of drug-likeness (QED) is 0.407. The lowest BCUT2D eigenvalue weighted by molar-refractivity contribution is 0.0871. The summed E-state index contributed by atoms with van der Waals surface area (Å²) < 4.78 is 0. The number of aryl methyl sites for hydroxylation is 1. The van der Waals surface area contributed by atoms with Gasteiger partial charge in [-0.3, -0.25) is 9.69 Å². The third-order valence-corrected chi connectivity index (χ3v) is 4.52. The zero-order valence-electron chi connectivity index (χ0n) is 15.4. The number of carbonyl (C=O) groups is 1. The Hall–Kier alpha value is -2.94. The van der Waals surface area contributed by atoms with Gasteiger partial charge in [-0.25, -0.2) is 4.98 Å². The lowest BCUT2D eigenvalue weighted by Crippen LogP contribution is -2.20. The number of unbranched alkanes of at least 4 members (excludes halogenated alkanes) is 2. The van der Waals surface area contributed by atoms with Crippen molar-refractivity contribution >= 4 is 27.7 Å². The van der Waals surface area contributed by atoms with Gasteiger partial charge in [0.05, 0.1) is 16.6 Å². The molecule has 3 nitrogen and oxygen atoms in total. The Balaban J connectivity index is 2.06.